The van der Waals surface area contributed by atoms with Gasteiger partial charge in [0.2, 0.25) is 5.91 Å². The zero-order chi connectivity index (χ0) is 17.5. The van der Waals surface area contributed by atoms with Crippen molar-refractivity contribution in [3.63, 3.8) is 0 Å². The average Bonchev–Trinajstić information content (AvgIpc) is 2.59. The number of benzene rings is 1. The van der Waals surface area contributed by atoms with Crippen molar-refractivity contribution in [3.05, 3.63) is 34.9 Å². The van der Waals surface area contributed by atoms with Crippen LogP contribution in [0.15, 0.2) is 24.3 Å². The van der Waals surface area contributed by atoms with Crippen LogP contribution in [-0.2, 0) is 11.2 Å². The average molecular weight is 352 g/mol. The second-order valence-corrected chi connectivity index (χ2v) is 6.69. The second kappa shape index (κ2) is 8.92. The van der Waals surface area contributed by atoms with E-state index in [1.807, 2.05) is 43.0 Å². The number of hydrogen-bond donors (Lipinski definition) is 1. The number of aryl methyl sites for hydroxylation is 1. The van der Waals surface area contributed by atoms with E-state index in [0.717, 1.165) is 12.0 Å². The Morgan fingerprint density at radius 3 is 2.50 bits per heavy atom. The molecule has 132 valence electrons. The smallest absolute Gasteiger partial charge is 0.317 e. The number of urea groups is 1. The normalized spacial score (nSPS) is 16.0. The first-order valence-electron chi connectivity index (χ1n) is 8.57. The standard InChI is InChI=1S/C18H26ClN3O2/c1-3-14(2)20-18(24)22-11-9-21(10-12-22)17(23)8-7-15-5-4-6-16(19)13-15/h4-6,13-14H,3,7-12H2,1-2H3,(H,20,24). The summed E-state index contributed by atoms with van der Waals surface area (Å²) in [7, 11) is 0. The number of rotatable bonds is 5. The molecular weight excluding hydrogens is 326 g/mol. The Morgan fingerprint density at radius 1 is 1.21 bits per heavy atom. The lowest BCUT2D eigenvalue weighted by atomic mass is 10.1. The van der Waals surface area contributed by atoms with Crippen LogP contribution in [-0.4, -0.2) is 54.0 Å². The number of piperazine rings is 1. The summed E-state index contributed by atoms with van der Waals surface area (Å²) in [6, 6.07) is 7.75. The second-order valence-electron chi connectivity index (χ2n) is 6.26. The molecule has 3 amide bonds. The molecule has 1 aromatic carbocycles. The van der Waals surface area contributed by atoms with Gasteiger partial charge in [-0.15, -0.1) is 0 Å². The van der Waals surface area contributed by atoms with Crippen molar-refractivity contribution in [1.82, 2.24) is 15.1 Å². The molecule has 2 rings (SSSR count). The molecule has 0 aliphatic carbocycles. The number of hydrogen-bond acceptors (Lipinski definition) is 2. The van der Waals surface area contributed by atoms with Gasteiger partial charge < -0.3 is 15.1 Å². The van der Waals surface area contributed by atoms with Crippen LogP contribution in [0.4, 0.5) is 4.79 Å². The van der Waals surface area contributed by atoms with Gasteiger partial charge in [0.25, 0.3) is 0 Å². The summed E-state index contributed by atoms with van der Waals surface area (Å²) in [4.78, 5) is 28.0. The van der Waals surface area contributed by atoms with Gasteiger partial charge in [-0.2, -0.15) is 0 Å². The van der Waals surface area contributed by atoms with Crippen molar-refractivity contribution in [2.24, 2.45) is 0 Å². The van der Waals surface area contributed by atoms with Gasteiger partial charge in [-0.1, -0.05) is 30.7 Å². The summed E-state index contributed by atoms with van der Waals surface area (Å²) >= 11 is 5.96. The minimum Gasteiger partial charge on any atom is -0.339 e. The Morgan fingerprint density at radius 2 is 1.88 bits per heavy atom. The van der Waals surface area contributed by atoms with Crippen LogP contribution in [0.1, 0.15) is 32.3 Å². The Hall–Kier alpha value is -1.75. The summed E-state index contributed by atoms with van der Waals surface area (Å²) in [5, 5.41) is 3.66. The molecule has 24 heavy (non-hydrogen) atoms. The largest absolute Gasteiger partial charge is 0.339 e. The van der Waals surface area contributed by atoms with Crippen molar-refractivity contribution in [2.75, 3.05) is 26.2 Å². The predicted octanol–water partition coefficient (Wildman–Crippen LogP) is 2.92. The van der Waals surface area contributed by atoms with E-state index >= 15 is 0 Å². The number of nitrogens with zero attached hydrogens (tertiary/aromatic N) is 2. The fourth-order valence-electron chi connectivity index (χ4n) is 2.66. The maximum atomic E-state index is 12.3. The lowest BCUT2D eigenvalue weighted by Gasteiger charge is -2.35. The van der Waals surface area contributed by atoms with Crippen molar-refractivity contribution in [2.45, 2.75) is 39.2 Å². The van der Waals surface area contributed by atoms with E-state index in [9.17, 15) is 9.59 Å². The van der Waals surface area contributed by atoms with Crippen LogP contribution < -0.4 is 5.32 Å². The number of carbonyl (C=O) groups excluding carboxylic acids is 2. The van der Waals surface area contributed by atoms with E-state index in [1.54, 1.807) is 4.90 Å². The highest BCUT2D eigenvalue weighted by atomic mass is 35.5. The van der Waals surface area contributed by atoms with Gasteiger partial charge in [0.15, 0.2) is 0 Å². The van der Waals surface area contributed by atoms with Crippen LogP contribution in [0.3, 0.4) is 0 Å². The van der Waals surface area contributed by atoms with E-state index < -0.39 is 0 Å². The van der Waals surface area contributed by atoms with Crippen LogP contribution >= 0.6 is 11.6 Å². The Kier molecular flexibility index (Phi) is 6.91. The summed E-state index contributed by atoms with van der Waals surface area (Å²) < 4.78 is 0. The van der Waals surface area contributed by atoms with Gasteiger partial charge in [0.05, 0.1) is 0 Å². The molecule has 6 heteroatoms. The van der Waals surface area contributed by atoms with E-state index in [-0.39, 0.29) is 18.0 Å². The molecule has 1 saturated heterocycles. The minimum atomic E-state index is -0.0321. The zero-order valence-corrected chi connectivity index (χ0v) is 15.2. The van der Waals surface area contributed by atoms with Crippen LogP contribution in [0.25, 0.3) is 0 Å². The topological polar surface area (TPSA) is 52.7 Å². The number of nitrogens with one attached hydrogen (secondary N) is 1. The molecule has 0 saturated carbocycles. The summed E-state index contributed by atoms with van der Waals surface area (Å²) in [6.45, 7) is 6.41. The lowest BCUT2D eigenvalue weighted by Crippen LogP contribution is -2.54. The van der Waals surface area contributed by atoms with Crippen molar-refractivity contribution < 1.29 is 9.59 Å². The van der Waals surface area contributed by atoms with Crippen molar-refractivity contribution in [3.8, 4) is 0 Å². The molecule has 1 unspecified atom stereocenters. The van der Waals surface area contributed by atoms with Crippen LogP contribution in [0.2, 0.25) is 5.02 Å². The van der Waals surface area contributed by atoms with Gasteiger partial charge in [-0.25, -0.2) is 4.79 Å². The monoisotopic (exact) mass is 351 g/mol. The summed E-state index contributed by atoms with van der Waals surface area (Å²) in [5.41, 5.74) is 1.07. The molecule has 0 radical (unpaired) electrons. The first-order valence-corrected chi connectivity index (χ1v) is 8.95. The molecule has 1 heterocycles. The molecule has 1 aliphatic heterocycles. The molecule has 1 N–H and O–H groups in total. The molecule has 1 fully saturated rings. The highest BCUT2D eigenvalue weighted by Gasteiger charge is 2.24. The van der Waals surface area contributed by atoms with E-state index in [4.69, 9.17) is 11.6 Å². The molecule has 0 spiro atoms. The number of amides is 3. The molecule has 5 nitrogen and oxygen atoms in total. The summed E-state index contributed by atoms with van der Waals surface area (Å²) in [5.74, 6) is 0.136. The number of carbonyl (C=O) groups is 2. The Bertz CT molecular complexity index is 571. The Balaban J connectivity index is 1.75. The van der Waals surface area contributed by atoms with Crippen molar-refractivity contribution in [1.29, 1.82) is 0 Å². The fourth-order valence-corrected chi connectivity index (χ4v) is 2.88. The maximum absolute atomic E-state index is 12.3. The highest BCUT2D eigenvalue weighted by molar-refractivity contribution is 6.30. The first-order chi connectivity index (χ1) is 11.5. The molecule has 1 aromatic rings. The first kappa shape index (κ1) is 18.6. The minimum absolute atomic E-state index is 0.0321. The van der Waals surface area contributed by atoms with Gasteiger partial charge in [0, 0.05) is 43.7 Å². The van der Waals surface area contributed by atoms with E-state index in [2.05, 4.69) is 5.32 Å². The maximum Gasteiger partial charge on any atom is 0.317 e. The van der Waals surface area contributed by atoms with Gasteiger partial charge in [-0.05, 0) is 37.5 Å². The van der Waals surface area contributed by atoms with Crippen LogP contribution in [0.5, 0.6) is 0 Å². The third kappa shape index (κ3) is 5.41. The van der Waals surface area contributed by atoms with Gasteiger partial charge in [0.1, 0.15) is 0 Å². The lowest BCUT2D eigenvalue weighted by molar-refractivity contribution is -0.132. The summed E-state index contributed by atoms with van der Waals surface area (Å²) in [6.07, 6.45) is 2.07. The molecule has 0 aromatic heterocycles. The Labute approximate surface area is 149 Å². The number of halogens is 1. The third-order valence-electron chi connectivity index (χ3n) is 4.42. The molecule has 1 atom stereocenters. The highest BCUT2D eigenvalue weighted by Crippen LogP contribution is 2.13. The van der Waals surface area contributed by atoms with Gasteiger partial charge >= 0.3 is 6.03 Å². The fraction of sp³-hybridized carbons (Fsp3) is 0.556. The van der Waals surface area contributed by atoms with E-state index in [1.165, 1.54) is 0 Å². The quantitative estimate of drug-likeness (QED) is 0.886. The van der Waals surface area contributed by atoms with Crippen LogP contribution in [0, 0.1) is 0 Å². The zero-order valence-electron chi connectivity index (χ0n) is 14.4. The SMILES string of the molecule is CCC(C)NC(=O)N1CCN(C(=O)CCc2cccc(Cl)c2)CC1. The molecule has 1 aliphatic rings. The molecular formula is C18H26ClN3O2. The third-order valence-corrected chi connectivity index (χ3v) is 4.65. The van der Waals surface area contributed by atoms with Crippen molar-refractivity contribution >= 4 is 23.5 Å². The predicted molar refractivity (Wildman–Crippen MR) is 96.2 cm³/mol. The van der Waals surface area contributed by atoms with Gasteiger partial charge in [-0.3, -0.25) is 4.79 Å². The van der Waals surface area contributed by atoms with E-state index in [0.29, 0.717) is 44.0 Å². The molecule has 0 bridgehead atoms.